The number of aromatic nitrogens is 2. The molecule has 0 amide bonds. The van der Waals surface area contributed by atoms with Gasteiger partial charge in [0, 0.05) is 5.69 Å². The molecule has 0 unspecified atom stereocenters. The van der Waals surface area contributed by atoms with E-state index in [2.05, 4.69) is 15.3 Å². The molecule has 0 saturated heterocycles. The van der Waals surface area contributed by atoms with Crippen molar-refractivity contribution in [1.82, 2.24) is 9.97 Å². The molecule has 0 aliphatic heterocycles. The normalized spacial score (nSPS) is 11.2. The van der Waals surface area contributed by atoms with Crippen LogP contribution in [0.1, 0.15) is 53.3 Å². The fraction of sp³-hybridized carbons (Fsp3) is 0.364. The number of carbonyl (C=O) groups excluding carboxylic acids is 2. The minimum Gasteiger partial charge on any atom is -0.462 e. The van der Waals surface area contributed by atoms with E-state index in [0.29, 0.717) is 27.7 Å². The lowest BCUT2D eigenvalue weighted by Crippen LogP contribution is -2.11. The highest BCUT2D eigenvalue weighted by molar-refractivity contribution is 7.20. The van der Waals surface area contributed by atoms with E-state index in [-0.39, 0.29) is 24.0 Å². The van der Waals surface area contributed by atoms with Crippen molar-refractivity contribution in [2.45, 2.75) is 40.7 Å². The SMILES string of the molecule is Cc1c(C(=O)OC(C)C)sc2ncnc(Nc3ccc(C(=O)OCC(C)C)cc3)c12. The van der Waals surface area contributed by atoms with Gasteiger partial charge >= 0.3 is 11.9 Å². The summed E-state index contributed by atoms with van der Waals surface area (Å²) in [7, 11) is 0. The third-order valence-corrected chi connectivity index (χ3v) is 5.37. The molecular formula is C22H25N3O4S. The number of benzene rings is 1. The van der Waals surface area contributed by atoms with Crippen LogP contribution in [0.5, 0.6) is 0 Å². The van der Waals surface area contributed by atoms with Crippen LogP contribution in [0.2, 0.25) is 0 Å². The Morgan fingerprint density at radius 1 is 1.07 bits per heavy atom. The van der Waals surface area contributed by atoms with Crippen LogP contribution in [0, 0.1) is 12.8 Å². The van der Waals surface area contributed by atoms with Gasteiger partial charge in [-0.05, 0) is 56.5 Å². The van der Waals surface area contributed by atoms with E-state index in [1.54, 1.807) is 24.3 Å². The molecule has 158 valence electrons. The second-order valence-electron chi connectivity index (χ2n) is 7.61. The molecule has 0 aliphatic rings. The number of fused-ring (bicyclic) bond motifs is 1. The van der Waals surface area contributed by atoms with Crippen molar-refractivity contribution in [3.63, 3.8) is 0 Å². The largest absolute Gasteiger partial charge is 0.462 e. The molecule has 0 spiro atoms. The van der Waals surface area contributed by atoms with Crippen molar-refractivity contribution in [2.75, 3.05) is 11.9 Å². The molecule has 8 heteroatoms. The van der Waals surface area contributed by atoms with E-state index in [1.165, 1.54) is 17.7 Å². The van der Waals surface area contributed by atoms with E-state index in [0.717, 1.165) is 16.6 Å². The third-order valence-electron chi connectivity index (χ3n) is 4.19. The van der Waals surface area contributed by atoms with Crippen molar-refractivity contribution in [3.8, 4) is 0 Å². The maximum Gasteiger partial charge on any atom is 0.348 e. The summed E-state index contributed by atoms with van der Waals surface area (Å²) in [6.07, 6.45) is 1.26. The summed E-state index contributed by atoms with van der Waals surface area (Å²) in [6.45, 7) is 9.85. The first-order chi connectivity index (χ1) is 14.3. The number of aryl methyl sites for hydroxylation is 1. The van der Waals surface area contributed by atoms with Gasteiger partial charge in [-0.2, -0.15) is 0 Å². The van der Waals surface area contributed by atoms with E-state index in [9.17, 15) is 9.59 Å². The van der Waals surface area contributed by atoms with Crippen LogP contribution in [-0.4, -0.2) is 34.6 Å². The molecule has 30 heavy (non-hydrogen) atoms. The number of carbonyl (C=O) groups is 2. The van der Waals surface area contributed by atoms with Crippen molar-refractivity contribution < 1.29 is 19.1 Å². The molecule has 3 rings (SSSR count). The second-order valence-corrected chi connectivity index (χ2v) is 8.61. The second kappa shape index (κ2) is 9.21. The minimum atomic E-state index is -0.360. The summed E-state index contributed by atoms with van der Waals surface area (Å²) in [4.78, 5) is 34.3. The lowest BCUT2D eigenvalue weighted by molar-refractivity contribution is 0.0382. The smallest absolute Gasteiger partial charge is 0.348 e. The topological polar surface area (TPSA) is 90.4 Å². The van der Waals surface area contributed by atoms with Gasteiger partial charge in [-0.15, -0.1) is 11.3 Å². The summed E-state index contributed by atoms with van der Waals surface area (Å²) < 4.78 is 10.6. The van der Waals surface area contributed by atoms with Crippen molar-refractivity contribution >= 4 is 45.0 Å². The van der Waals surface area contributed by atoms with Gasteiger partial charge in [-0.25, -0.2) is 19.6 Å². The molecule has 0 saturated carbocycles. The highest BCUT2D eigenvalue weighted by Crippen LogP contribution is 2.35. The Morgan fingerprint density at radius 3 is 2.40 bits per heavy atom. The first-order valence-electron chi connectivity index (χ1n) is 9.75. The third kappa shape index (κ3) is 4.94. The average molecular weight is 428 g/mol. The maximum absolute atomic E-state index is 12.4. The number of hydrogen-bond acceptors (Lipinski definition) is 8. The zero-order chi connectivity index (χ0) is 21.8. The number of rotatable bonds is 7. The number of ether oxygens (including phenoxy) is 2. The number of anilines is 2. The van der Waals surface area contributed by atoms with Gasteiger partial charge in [0.15, 0.2) is 0 Å². The van der Waals surface area contributed by atoms with Crippen LogP contribution < -0.4 is 5.32 Å². The first-order valence-corrected chi connectivity index (χ1v) is 10.6. The Hall–Kier alpha value is -3.00. The van der Waals surface area contributed by atoms with Gasteiger partial charge in [0.1, 0.15) is 21.9 Å². The van der Waals surface area contributed by atoms with E-state index in [1.807, 2.05) is 34.6 Å². The molecule has 0 aliphatic carbocycles. The van der Waals surface area contributed by atoms with Crippen LogP contribution in [0.3, 0.4) is 0 Å². The van der Waals surface area contributed by atoms with Gasteiger partial charge in [0.05, 0.1) is 23.7 Å². The monoisotopic (exact) mass is 427 g/mol. The fourth-order valence-electron chi connectivity index (χ4n) is 2.78. The average Bonchev–Trinajstić information content (AvgIpc) is 3.04. The van der Waals surface area contributed by atoms with Gasteiger partial charge in [0.2, 0.25) is 0 Å². The Labute approximate surface area is 179 Å². The van der Waals surface area contributed by atoms with Gasteiger partial charge in [0.25, 0.3) is 0 Å². The van der Waals surface area contributed by atoms with Crippen LogP contribution in [0.15, 0.2) is 30.6 Å². The number of esters is 2. The quantitative estimate of drug-likeness (QED) is 0.523. The molecule has 1 aromatic carbocycles. The molecule has 2 heterocycles. The van der Waals surface area contributed by atoms with E-state index < -0.39 is 0 Å². The molecule has 0 bridgehead atoms. The summed E-state index contributed by atoms with van der Waals surface area (Å²) in [6, 6.07) is 6.98. The van der Waals surface area contributed by atoms with Crippen molar-refractivity contribution in [3.05, 3.63) is 46.6 Å². The standard InChI is InChI=1S/C22H25N3O4S/c1-12(2)10-28-21(26)15-6-8-16(9-7-15)25-19-17-14(5)18(22(27)29-13(3)4)30-20(17)24-11-23-19/h6-9,11-13H,10H2,1-5H3,(H,23,24,25). The maximum atomic E-state index is 12.4. The van der Waals surface area contributed by atoms with Gasteiger partial charge in [-0.3, -0.25) is 0 Å². The van der Waals surface area contributed by atoms with Crippen LogP contribution in [0.25, 0.3) is 10.2 Å². The highest BCUT2D eigenvalue weighted by Gasteiger charge is 2.21. The van der Waals surface area contributed by atoms with Gasteiger partial charge < -0.3 is 14.8 Å². The molecule has 0 radical (unpaired) electrons. The zero-order valence-electron chi connectivity index (χ0n) is 17.7. The Balaban J connectivity index is 1.83. The fourth-order valence-corrected chi connectivity index (χ4v) is 3.81. The molecule has 0 atom stereocenters. The van der Waals surface area contributed by atoms with Crippen molar-refractivity contribution in [2.24, 2.45) is 5.92 Å². The first kappa shape index (κ1) is 21.7. The highest BCUT2D eigenvalue weighted by atomic mass is 32.1. The molecule has 3 aromatic rings. The summed E-state index contributed by atoms with van der Waals surface area (Å²) in [5, 5.41) is 4.02. The van der Waals surface area contributed by atoms with Gasteiger partial charge in [-0.1, -0.05) is 13.8 Å². The summed E-state index contributed by atoms with van der Waals surface area (Å²) in [5.41, 5.74) is 2.02. The lowest BCUT2D eigenvalue weighted by Gasteiger charge is -2.10. The predicted octanol–water partition coefficient (Wildman–Crippen LogP) is 5.12. The van der Waals surface area contributed by atoms with E-state index in [4.69, 9.17) is 9.47 Å². The number of hydrogen-bond donors (Lipinski definition) is 1. The lowest BCUT2D eigenvalue weighted by atomic mass is 10.2. The molecule has 7 nitrogen and oxygen atoms in total. The molecular weight excluding hydrogens is 402 g/mol. The number of nitrogens with one attached hydrogen (secondary N) is 1. The zero-order valence-corrected chi connectivity index (χ0v) is 18.5. The Morgan fingerprint density at radius 2 is 1.77 bits per heavy atom. The Kier molecular flexibility index (Phi) is 6.66. The molecule has 1 N–H and O–H groups in total. The van der Waals surface area contributed by atoms with Crippen LogP contribution in [-0.2, 0) is 9.47 Å². The van der Waals surface area contributed by atoms with E-state index >= 15 is 0 Å². The Bertz CT molecular complexity index is 1060. The minimum absolute atomic E-state index is 0.198. The summed E-state index contributed by atoms with van der Waals surface area (Å²) in [5.74, 6) is 0.168. The molecule has 2 aromatic heterocycles. The van der Waals surface area contributed by atoms with Crippen LogP contribution >= 0.6 is 11.3 Å². The number of nitrogens with zero attached hydrogens (tertiary/aromatic N) is 2. The van der Waals surface area contributed by atoms with Crippen LogP contribution in [0.4, 0.5) is 11.5 Å². The molecule has 0 fully saturated rings. The summed E-state index contributed by atoms with van der Waals surface area (Å²) >= 11 is 1.29. The van der Waals surface area contributed by atoms with Crippen molar-refractivity contribution in [1.29, 1.82) is 0 Å². The predicted molar refractivity (Wildman–Crippen MR) is 118 cm³/mol. The number of thiophene rings is 1.